The molecule has 1 aromatic rings. The molecule has 0 N–H and O–H groups in total. The average Bonchev–Trinajstić information content (AvgIpc) is 2.46. The van der Waals surface area contributed by atoms with Crippen molar-refractivity contribution in [3.05, 3.63) is 29.6 Å². The number of hydrogen-bond acceptors (Lipinski definition) is 3. The van der Waals surface area contributed by atoms with Gasteiger partial charge in [0.15, 0.2) is 0 Å². The maximum atomic E-state index is 14.1. The van der Waals surface area contributed by atoms with Crippen LogP contribution in [0.5, 0.6) is 5.75 Å². The Hall–Kier alpha value is -1.49. The first-order chi connectivity index (χ1) is 12.1. The summed E-state index contributed by atoms with van der Waals surface area (Å²) in [6.07, 6.45) is -10.9. The highest BCUT2D eigenvalue weighted by Gasteiger charge is 2.42. The summed E-state index contributed by atoms with van der Waals surface area (Å²) in [5.41, 5.74) is -2.57. The molecule has 0 spiro atoms. The second-order valence-corrected chi connectivity index (χ2v) is 8.41. The van der Waals surface area contributed by atoms with Crippen molar-refractivity contribution < 1.29 is 40.0 Å². The second kappa shape index (κ2) is 8.68. The summed E-state index contributed by atoms with van der Waals surface area (Å²) in [6, 6.07) is 2.33. The maximum Gasteiger partial charge on any atom is 0.438 e. The summed E-state index contributed by atoms with van der Waals surface area (Å²) in [5, 5.41) is 0. The number of benzene rings is 1. The minimum Gasteiger partial charge on any atom is -0.591 e. The lowest BCUT2D eigenvalue weighted by atomic mass is 10.1. The molecule has 0 saturated heterocycles. The summed E-state index contributed by atoms with van der Waals surface area (Å²) in [5.74, 6) is -1.57. The van der Waals surface area contributed by atoms with Crippen LogP contribution in [-0.4, -0.2) is 34.0 Å². The highest BCUT2D eigenvalue weighted by Crippen LogP contribution is 2.29. The van der Waals surface area contributed by atoms with Crippen molar-refractivity contribution in [3.8, 4) is 5.75 Å². The molecule has 1 rings (SSSR count). The first kappa shape index (κ1) is 23.5. The lowest BCUT2D eigenvalue weighted by molar-refractivity contribution is -0.136. The van der Waals surface area contributed by atoms with Crippen LogP contribution in [0.1, 0.15) is 39.2 Å². The number of rotatable bonds is 6. The smallest absolute Gasteiger partial charge is 0.438 e. The van der Waals surface area contributed by atoms with Gasteiger partial charge in [0.2, 0.25) is 5.71 Å². The van der Waals surface area contributed by atoms with Crippen LogP contribution >= 0.6 is 0 Å². The van der Waals surface area contributed by atoms with Crippen LogP contribution in [0.25, 0.3) is 0 Å². The third kappa shape index (κ3) is 7.96. The van der Waals surface area contributed by atoms with Gasteiger partial charge in [-0.3, -0.25) is 0 Å². The molecular formula is C16H18F7NO2S. The van der Waals surface area contributed by atoms with Gasteiger partial charge in [0.1, 0.15) is 27.7 Å². The first-order valence-corrected chi connectivity index (χ1v) is 8.79. The molecule has 0 fully saturated rings. The van der Waals surface area contributed by atoms with Gasteiger partial charge in [0, 0.05) is 18.1 Å². The van der Waals surface area contributed by atoms with Crippen LogP contribution in [0.3, 0.4) is 0 Å². The van der Waals surface area contributed by atoms with Crippen molar-refractivity contribution >= 4 is 17.1 Å². The molecule has 0 aromatic heterocycles. The standard InChI is InChI=1S/C16H18F7NO2S/c1-14(2,3)27(25)24-13(16(21,22)23)11-6-5-10(9-12(11)17)26-8-4-7-15(18,19)20/h5-6,9H,4,7-8H2,1-3H3. The van der Waals surface area contributed by atoms with E-state index in [2.05, 4.69) is 4.40 Å². The fraction of sp³-hybridized carbons (Fsp3) is 0.562. The Morgan fingerprint density at radius 2 is 1.70 bits per heavy atom. The van der Waals surface area contributed by atoms with Gasteiger partial charge in [-0.15, -0.1) is 0 Å². The zero-order valence-electron chi connectivity index (χ0n) is 14.7. The summed E-state index contributed by atoms with van der Waals surface area (Å²) >= 11 is -2.28. The summed E-state index contributed by atoms with van der Waals surface area (Å²) in [7, 11) is 0. The Morgan fingerprint density at radius 3 is 2.15 bits per heavy atom. The Morgan fingerprint density at radius 1 is 1.11 bits per heavy atom. The van der Waals surface area contributed by atoms with Crippen LogP contribution in [0.2, 0.25) is 0 Å². The third-order valence-corrected chi connectivity index (χ3v) is 4.43. The summed E-state index contributed by atoms with van der Waals surface area (Å²) in [4.78, 5) is 0. The first-order valence-electron chi connectivity index (χ1n) is 7.68. The van der Waals surface area contributed by atoms with E-state index in [1.165, 1.54) is 20.8 Å². The maximum absolute atomic E-state index is 14.1. The normalized spacial score (nSPS) is 15.0. The Labute approximate surface area is 154 Å². The van der Waals surface area contributed by atoms with Gasteiger partial charge in [-0.25, -0.2) is 4.39 Å². The molecular weight excluding hydrogens is 403 g/mol. The molecule has 0 heterocycles. The van der Waals surface area contributed by atoms with Crippen molar-refractivity contribution in [2.24, 2.45) is 4.40 Å². The Balaban J connectivity index is 3.02. The minimum atomic E-state index is -5.06. The average molecular weight is 421 g/mol. The van der Waals surface area contributed by atoms with Crippen LogP contribution < -0.4 is 4.74 Å². The molecule has 0 aliphatic carbocycles. The fourth-order valence-electron chi connectivity index (χ4n) is 1.71. The molecule has 154 valence electrons. The SMILES string of the molecule is CC(C)(C)[S+]([O-])N=C(c1ccc(OCCCC(F)(F)F)cc1F)C(F)(F)F. The van der Waals surface area contributed by atoms with Crippen molar-refractivity contribution in [1.29, 1.82) is 0 Å². The molecule has 0 aliphatic rings. The predicted molar refractivity (Wildman–Crippen MR) is 87.7 cm³/mol. The lowest BCUT2D eigenvalue weighted by Crippen LogP contribution is -2.32. The van der Waals surface area contributed by atoms with E-state index in [1.807, 2.05) is 0 Å². The number of halogens is 7. The van der Waals surface area contributed by atoms with Gasteiger partial charge >= 0.3 is 12.4 Å². The van der Waals surface area contributed by atoms with Crippen molar-refractivity contribution in [1.82, 2.24) is 0 Å². The van der Waals surface area contributed by atoms with Crippen LogP contribution in [0, 0.1) is 5.82 Å². The van der Waals surface area contributed by atoms with Crippen molar-refractivity contribution in [2.45, 2.75) is 50.7 Å². The zero-order valence-corrected chi connectivity index (χ0v) is 15.5. The number of alkyl halides is 6. The number of ether oxygens (including phenoxy) is 1. The topological polar surface area (TPSA) is 44.7 Å². The van der Waals surface area contributed by atoms with E-state index in [1.54, 1.807) is 0 Å². The molecule has 0 amide bonds. The van der Waals surface area contributed by atoms with E-state index in [9.17, 15) is 35.3 Å². The predicted octanol–water partition coefficient (Wildman–Crippen LogP) is 5.36. The van der Waals surface area contributed by atoms with E-state index >= 15 is 0 Å². The molecule has 1 unspecified atom stereocenters. The van der Waals surface area contributed by atoms with Crippen LogP contribution in [0.4, 0.5) is 30.7 Å². The fourth-order valence-corrected chi connectivity index (χ4v) is 2.36. The van der Waals surface area contributed by atoms with Crippen LogP contribution in [-0.2, 0) is 11.4 Å². The van der Waals surface area contributed by atoms with E-state index in [0.717, 1.165) is 12.1 Å². The zero-order chi connectivity index (χ0) is 21.0. The number of nitrogens with zero attached hydrogens (tertiary/aromatic N) is 1. The highest BCUT2D eigenvalue weighted by molar-refractivity contribution is 7.91. The van der Waals surface area contributed by atoms with E-state index in [4.69, 9.17) is 4.74 Å². The van der Waals surface area contributed by atoms with Gasteiger partial charge in [-0.1, -0.05) is 4.40 Å². The monoisotopic (exact) mass is 421 g/mol. The van der Waals surface area contributed by atoms with Crippen molar-refractivity contribution in [3.63, 3.8) is 0 Å². The third-order valence-electron chi connectivity index (χ3n) is 3.04. The summed E-state index contributed by atoms with van der Waals surface area (Å²) < 4.78 is 109. The quantitative estimate of drug-likeness (QED) is 0.269. The highest BCUT2D eigenvalue weighted by atomic mass is 32.2. The van der Waals surface area contributed by atoms with Crippen molar-refractivity contribution in [2.75, 3.05) is 6.61 Å². The Bertz CT molecular complexity index is 666. The molecule has 27 heavy (non-hydrogen) atoms. The molecule has 0 aliphatic heterocycles. The molecule has 11 heteroatoms. The molecule has 1 atom stereocenters. The molecule has 1 aromatic carbocycles. The van der Waals surface area contributed by atoms with Gasteiger partial charge in [-0.2, -0.15) is 26.3 Å². The molecule has 3 nitrogen and oxygen atoms in total. The van der Waals surface area contributed by atoms with E-state index in [0.29, 0.717) is 6.07 Å². The second-order valence-electron chi connectivity index (χ2n) is 6.51. The van der Waals surface area contributed by atoms with E-state index in [-0.39, 0.29) is 18.8 Å². The number of hydrogen-bond donors (Lipinski definition) is 0. The molecule has 0 bridgehead atoms. The lowest BCUT2D eigenvalue weighted by Gasteiger charge is -2.20. The van der Waals surface area contributed by atoms with Crippen LogP contribution in [0.15, 0.2) is 22.6 Å². The minimum absolute atomic E-state index is 0.225. The summed E-state index contributed by atoms with van der Waals surface area (Å²) in [6.45, 7) is 3.85. The molecule has 0 saturated carbocycles. The molecule has 0 radical (unpaired) electrons. The van der Waals surface area contributed by atoms with Gasteiger partial charge < -0.3 is 9.29 Å². The van der Waals surface area contributed by atoms with E-state index < -0.39 is 52.0 Å². The largest absolute Gasteiger partial charge is 0.591 e. The van der Waals surface area contributed by atoms with Gasteiger partial charge in [-0.05, 0) is 39.3 Å². The van der Waals surface area contributed by atoms with Gasteiger partial charge in [0.05, 0.1) is 6.61 Å². The van der Waals surface area contributed by atoms with Gasteiger partial charge in [0.25, 0.3) is 0 Å². The Kier molecular flexibility index (Phi) is 7.57.